The predicted molar refractivity (Wildman–Crippen MR) is 72.5 cm³/mol. The average Bonchev–Trinajstić information content (AvgIpc) is 2.41. The lowest BCUT2D eigenvalue weighted by Gasteiger charge is -2.40. The Bertz CT molecular complexity index is 342. The van der Waals surface area contributed by atoms with E-state index in [9.17, 15) is 18.7 Å². The van der Waals surface area contributed by atoms with Gasteiger partial charge in [0, 0.05) is 18.8 Å². The fourth-order valence-electron chi connectivity index (χ4n) is 3.30. The van der Waals surface area contributed by atoms with E-state index in [1.54, 1.807) is 0 Å². The maximum Gasteiger partial charge on any atom is 0.248 e. The molecule has 2 aliphatic rings. The molecule has 0 heterocycles. The molecule has 0 aromatic carbocycles. The predicted octanol–water partition coefficient (Wildman–Crippen LogP) is 2.87. The maximum absolute atomic E-state index is 13.1. The normalized spacial score (nSPS) is 34.7. The molecule has 2 N–H and O–H groups in total. The highest BCUT2D eigenvalue weighted by Gasteiger charge is 2.40. The number of nitrogens with one attached hydrogen (secondary N) is 1. The number of carbonyl (C=O) groups excluding carboxylic acids is 1. The van der Waals surface area contributed by atoms with E-state index in [0.29, 0.717) is 5.92 Å². The fourth-order valence-corrected chi connectivity index (χ4v) is 3.30. The van der Waals surface area contributed by atoms with E-state index in [2.05, 4.69) is 12.2 Å². The van der Waals surface area contributed by atoms with Gasteiger partial charge in [-0.2, -0.15) is 0 Å². The molecular weight excluding hydrogens is 264 g/mol. The number of rotatable bonds is 3. The summed E-state index contributed by atoms with van der Waals surface area (Å²) in [6.45, 7) is 2.11. The van der Waals surface area contributed by atoms with Crippen molar-refractivity contribution < 1.29 is 18.7 Å². The summed E-state index contributed by atoms with van der Waals surface area (Å²) in [6.07, 6.45) is 3.63. The van der Waals surface area contributed by atoms with Gasteiger partial charge in [-0.3, -0.25) is 4.79 Å². The Morgan fingerprint density at radius 2 is 1.70 bits per heavy atom. The first-order chi connectivity index (χ1) is 9.36. The molecule has 0 saturated heterocycles. The lowest BCUT2D eigenvalue weighted by Crippen LogP contribution is -2.55. The van der Waals surface area contributed by atoms with Crippen LogP contribution in [-0.4, -0.2) is 29.1 Å². The monoisotopic (exact) mass is 289 g/mol. The number of aliphatic hydroxyl groups excluding tert-OH is 1. The van der Waals surface area contributed by atoms with Crippen molar-refractivity contribution in [3.63, 3.8) is 0 Å². The van der Waals surface area contributed by atoms with Gasteiger partial charge in [-0.15, -0.1) is 0 Å². The Balaban J connectivity index is 1.90. The van der Waals surface area contributed by atoms with Crippen molar-refractivity contribution in [2.75, 3.05) is 6.61 Å². The molecule has 0 aliphatic heterocycles. The van der Waals surface area contributed by atoms with Crippen LogP contribution in [0.1, 0.15) is 58.3 Å². The van der Waals surface area contributed by atoms with E-state index in [4.69, 9.17) is 0 Å². The zero-order valence-electron chi connectivity index (χ0n) is 12.1. The third-order valence-electron chi connectivity index (χ3n) is 5.01. The zero-order valence-corrected chi connectivity index (χ0v) is 12.1. The van der Waals surface area contributed by atoms with Gasteiger partial charge in [0.15, 0.2) is 0 Å². The van der Waals surface area contributed by atoms with Crippen molar-refractivity contribution >= 4 is 5.91 Å². The van der Waals surface area contributed by atoms with Crippen molar-refractivity contribution in [1.29, 1.82) is 0 Å². The van der Waals surface area contributed by atoms with Crippen LogP contribution in [0.5, 0.6) is 0 Å². The van der Waals surface area contributed by atoms with Crippen molar-refractivity contribution in [2.45, 2.75) is 69.8 Å². The Morgan fingerprint density at radius 1 is 1.15 bits per heavy atom. The van der Waals surface area contributed by atoms with Gasteiger partial charge in [-0.05, 0) is 44.4 Å². The lowest BCUT2D eigenvalue weighted by atomic mass is 9.77. The van der Waals surface area contributed by atoms with Crippen LogP contribution in [-0.2, 0) is 4.79 Å². The highest BCUT2D eigenvalue weighted by atomic mass is 19.3. The summed E-state index contributed by atoms with van der Waals surface area (Å²) in [5, 5.41) is 12.6. The minimum absolute atomic E-state index is 0.0612. The molecule has 116 valence electrons. The molecule has 0 unspecified atom stereocenters. The fraction of sp³-hybridized carbons (Fsp3) is 0.933. The van der Waals surface area contributed by atoms with Gasteiger partial charge >= 0.3 is 0 Å². The van der Waals surface area contributed by atoms with Crippen LogP contribution in [0.25, 0.3) is 0 Å². The van der Waals surface area contributed by atoms with Crippen molar-refractivity contribution in [2.24, 2.45) is 11.8 Å². The first-order valence-electron chi connectivity index (χ1n) is 7.67. The highest BCUT2D eigenvalue weighted by Crippen LogP contribution is 2.37. The molecule has 2 rings (SSSR count). The van der Waals surface area contributed by atoms with E-state index in [0.717, 1.165) is 25.7 Å². The SMILES string of the molecule is CC1CCC(CO)(NC(=O)C2CCC(F)(F)CC2)CC1. The van der Waals surface area contributed by atoms with Crippen LogP contribution in [0.2, 0.25) is 0 Å². The Labute approximate surface area is 119 Å². The largest absolute Gasteiger partial charge is 0.394 e. The molecule has 20 heavy (non-hydrogen) atoms. The number of aliphatic hydroxyl groups is 1. The van der Waals surface area contributed by atoms with E-state index in [-0.39, 0.29) is 44.1 Å². The topological polar surface area (TPSA) is 49.3 Å². The molecule has 3 nitrogen and oxygen atoms in total. The maximum atomic E-state index is 13.1. The van der Waals surface area contributed by atoms with Gasteiger partial charge < -0.3 is 10.4 Å². The zero-order chi connectivity index (χ0) is 14.8. The third-order valence-corrected chi connectivity index (χ3v) is 5.01. The molecule has 0 bridgehead atoms. The molecule has 0 aromatic heterocycles. The van der Waals surface area contributed by atoms with Crippen LogP contribution in [0.4, 0.5) is 8.78 Å². The molecule has 0 spiro atoms. The summed E-state index contributed by atoms with van der Waals surface area (Å²) in [4.78, 5) is 12.3. The van der Waals surface area contributed by atoms with Crippen LogP contribution >= 0.6 is 0 Å². The molecule has 5 heteroatoms. The molecule has 0 atom stereocenters. The van der Waals surface area contributed by atoms with Crippen LogP contribution in [0, 0.1) is 11.8 Å². The van der Waals surface area contributed by atoms with Gasteiger partial charge in [0.2, 0.25) is 11.8 Å². The molecule has 2 fully saturated rings. The van der Waals surface area contributed by atoms with E-state index < -0.39 is 11.5 Å². The van der Waals surface area contributed by atoms with E-state index in [1.165, 1.54) is 0 Å². The Kier molecular flexibility index (Phi) is 4.67. The Hall–Kier alpha value is -0.710. The third kappa shape index (κ3) is 3.68. The van der Waals surface area contributed by atoms with E-state index in [1.807, 2.05) is 0 Å². The standard InChI is InChI=1S/C15H25F2NO2/c1-11-2-6-14(10-19,7-3-11)18-13(20)12-4-8-15(16,17)9-5-12/h11-12,19H,2-10H2,1H3,(H,18,20). The molecular formula is C15H25F2NO2. The number of hydrogen-bond acceptors (Lipinski definition) is 2. The van der Waals surface area contributed by atoms with Crippen LogP contribution in [0.15, 0.2) is 0 Å². The number of amides is 1. The first-order valence-corrected chi connectivity index (χ1v) is 7.67. The van der Waals surface area contributed by atoms with Gasteiger partial charge in [0.25, 0.3) is 0 Å². The second-order valence-corrected chi connectivity index (χ2v) is 6.74. The van der Waals surface area contributed by atoms with E-state index >= 15 is 0 Å². The quantitative estimate of drug-likeness (QED) is 0.839. The number of hydrogen-bond donors (Lipinski definition) is 2. The highest BCUT2D eigenvalue weighted by molar-refractivity contribution is 5.79. The summed E-state index contributed by atoms with van der Waals surface area (Å²) >= 11 is 0. The number of carbonyl (C=O) groups is 1. The van der Waals surface area contributed by atoms with Gasteiger partial charge in [0.1, 0.15) is 0 Å². The lowest BCUT2D eigenvalue weighted by molar-refractivity contribution is -0.132. The summed E-state index contributed by atoms with van der Waals surface area (Å²) in [5.41, 5.74) is -0.524. The van der Waals surface area contributed by atoms with Gasteiger partial charge in [0.05, 0.1) is 12.1 Å². The van der Waals surface area contributed by atoms with Crippen molar-refractivity contribution in [1.82, 2.24) is 5.32 Å². The minimum atomic E-state index is -2.61. The summed E-state index contributed by atoms with van der Waals surface area (Å²) < 4.78 is 26.2. The van der Waals surface area contributed by atoms with Gasteiger partial charge in [-0.1, -0.05) is 6.92 Å². The second kappa shape index (κ2) is 5.96. The molecule has 1 amide bonds. The van der Waals surface area contributed by atoms with Gasteiger partial charge in [-0.25, -0.2) is 8.78 Å². The number of halogens is 2. The smallest absolute Gasteiger partial charge is 0.248 e. The second-order valence-electron chi connectivity index (χ2n) is 6.74. The van der Waals surface area contributed by atoms with Crippen LogP contribution < -0.4 is 5.32 Å². The van der Waals surface area contributed by atoms with Crippen molar-refractivity contribution in [3.8, 4) is 0 Å². The average molecular weight is 289 g/mol. The minimum Gasteiger partial charge on any atom is -0.394 e. The molecule has 0 aromatic rings. The Morgan fingerprint density at radius 3 is 2.20 bits per heavy atom. The molecule has 0 radical (unpaired) electrons. The summed E-state index contributed by atoms with van der Waals surface area (Å²) in [7, 11) is 0. The van der Waals surface area contributed by atoms with Crippen molar-refractivity contribution in [3.05, 3.63) is 0 Å². The summed E-state index contributed by atoms with van der Waals surface area (Å²) in [5.74, 6) is -2.45. The first kappa shape index (κ1) is 15.7. The molecule has 2 saturated carbocycles. The summed E-state index contributed by atoms with van der Waals surface area (Å²) in [6, 6.07) is 0. The number of alkyl halides is 2. The van der Waals surface area contributed by atoms with Crippen LogP contribution in [0.3, 0.4) is 0 Å². The molecule has 2 aliphatic carbocycles.